The summed E-state index contributed by atoms with van der Waals surface area (Å²) in [6.07, 6.45) is 7.07. The molecule has 0 aromatic heterocycles. The average Bonchev–Trinajstić information content (AvgIpc) is 3.08. The van der Waals surface area contributed by atoms with Gasteiger partial charge in [0.25, 0.3) is 0 Å². The predicted octanol–water partition coefficient (Wildman–Crippen LogP) is 9.11. The fourth-order valence-corrected chi connectivity index (χ4v) is 6.84. The van der Waals surface area contributed by atoms with Gasteiger partial charge in [0.2, 0.25) is 0 Å². The van der Waals surface area contributed by atoms with Gasteiger partial charge in [0.15, 0.2) is 0 Å². The van der Waals surface area contributed by atoms with Crippen molar-refractivity contribution in [3.63, 3.8) is 0 Å². The van der Waals surface area contributed by atoms with E-state index in [1.165, 1.54) is 65.7 Å². The minimum atomic E-state index is 0.0286. The molecule has 0 N–H and O–H groups in total. The van der Waals surface area contributed by atoms with Crippen LogP contribution in [0.4, 0.5) is 0 Å². The summed E-state index contributed by atoms with van der Waals surface area (Å²) < 4.78 is 0. The van der Waals surface area contributed by atoms with Crippen LogP contribution in [0.25, 0.3) is 37.9 Å². The van der Waals surface area contributed by atoms with Gasteiger partial charge >= 0.3 is 0 Å². The maximum absolute atomic E-state index is 2.54. The predicted molar refractivity (Wildman–Crippen MR) is 147 cm³/mol. The molecule has 0 spiro atoms. The van der Waals surface area contributed by atoms with Gasteiger partial charge in [0, 0.05) is 5.41 Å². The molecule has 166 valence electrons. The van der Waals surface area contributed by atoms with Gasteiger partial charge in [-0.05, 0) is 84.0 Å². The lowest BCUT2D eigenvalue weighted by atomic mass is 9.75. The fraction of sp³-hybridized carbons (Fsp3) is 0.235. The van der Waals surface area contributed by atoms with Gasteiger partial charge in [-0.25, -0.2) is 0 Å². The number of hydrogen-bond acceptors (Lipinski definition) is 0. The molecule has 0 heteroatoms. The first kappa shape index (κ1) is 20.0. The van der Waals surface area contributed by atoms with E-state index >= 15 is 0 Å². The monoisotopic (exact) mass is 438 g/mol. The lowest BCUT2D eigenvalue weighted by molar-refractivity contribution is 0.532. The third kappa shape index (κ3) is 2.55. The van der Waals surface area contributed by atoms with Crippen molar-refractivity contribution in [3.05, 3.63) is 113 Å². The van der Waals surface area contributed by atoms with Crippen LogP contribution in [0.5, 0.6) is 0 Å². The van der Waals surface area contributed by atoms with Crippen LogP contribution in [-0.2, 0) is 17.3 Å². The third-order valence-electron chi connectivity index (χ3n) is 8.67. The van der Waals surface area contributed by atoms with Crippen LogP contribution in [0.15, 0.2) is 90.5 Å². The van der Waals surface area contributed by atoms with Gasteiger partial charge in [-0.15, -0.1) is 0 Å². The molecular formula is C34H30. The van der Waals surface area contributed by atoms with Crippen LogP contribution in [0.1, 0.15) is 56.4 Å². The summed E-state index contributed by atoms with van der Waals surface area (Å²) in [5.41, 5.74) is 8.90. The number of benzene rings is 5. The number of allylic oxidation sites excluding steroid dienone is 4. The molecule has 0 saturated carbocycles. The topological polar surface area (TPSA) is 0 Å². The number of fused-ring (bicyclic) bond motifs is 5. The third-order valence-corrected chi connectivity index (χ3v) is 8.67. The molecule has 2 aliphatic rings. The van der Waals surface area contributed by atoms with Crippen molar-refractivity contribution >= 4 is 37.9 Å². The summed E-state index contributed by atoms with van der Waals surface area (Å²) >= 11 is 0. The average molecular weight is 439 g/mol. The van der Waals surface area contributed by atoms with Crippen LogP contribution in [0, 0.1) is 0 Å². The lowest BCUT2D eigenvalue weighted by Gasteiger charge is -2.29. The van der Waals surface area contributed by atoms with Gasteiger partial charge in [0.05, 0.1) is 0 Å². The molecule has 0 atom stereocenters. The Kier molecular flexibility index (Phi) is 3.89. The summed E-state index contributed by atoms with van der Waals surface area (Å²) in [4.78, 5) is 0. The molecule has 34 heavy (non-hydrogen) atoms. The van der Waals surface area contributed by atoms with E-state index in [0.29, 0.717) is 0 Å². The molecule has 0 fully saturated rings. The zero-order chi connectivity index (χ0) is 23.2. The maximum atomic E-state index is 2.54. The zero-order valence-electron chi connectivity index (χ0n) is 20.5. The second-order valence-corrected chi connectivity index (χ2v) is 11.5. The minimum absolute atomic E-state index is 0.0286. The van der Waals surface area contributed by atoms with E-state index < -0.39 is 0 Å². The highest BCUT2D eigenvalue weighted by molar-refractivity contribution is 6.23. The fourth-order valence-electron chi connectivity index (χ4n) is 6.84. The van der Waals surface area contributed by atoms with E-state index in [1.807, 2.05) is 0 Å². The Morgan fingerprint density at radius 2 is 1.38 bits per heavy atom. The maximum Gasteiger partial charge on any atom is 0.0155 e. The minimum Gasteiger partial charge on any atom is -0.0755 e. The molecule has 0 nitrogen and oxygen atoms in total. The van der Waals surface area contributed by atoms with E-state index in [-0.39, 0.29) is 10.8 Å². The number of hydrogen-bond donors (Lipinski definition) is 0. The molecule has 0 amide bonds. The molecule has 0 aliphatic heterocycles. The normalized spacial score (nSPS) is 18.6. The van der Waals surface area contributed by atoms with Gasteiger partial charge in [0.1, 0.15) is 0 Å². The smallest absolute Gasteiger partial charge is 0.0155 e. The molecule has 7 rings (SSSR count). The standard InChI is InChI=1S/C34H30/c1-33(2)19-18-26-24-10-5-6-11-28(24)34(3,4)29(26)17-16-25-27-15-14-22-9-7-8-21-12-13-23(20-30(25)33)32(27)31(21)22/h5-15,17-18,20H,16,19H2,1-4H3. The van der Waals surface area contributed by atoms with Gasteiger partial charge in [-0.3, -0.25) is 0 Å². The first-order chi connectivity index (χ1) is 16.4. The molecule has 5 aromatic rings. The quantitative estimate of drug-likeness (QED) is 0.211. The van der Waals surface area contributed by atoms with E-state index in [1.54, 1.807) is 0 Å². The van der Waals surface area contributed by atoms with E-state index in [2.05, 4.69) is 113 Å². The SMILES string of the molecule is CC1(C)CC=C2C(=CCc3c1cc1ccc4cccc5ccc3c1c45)C(C)(C)c1ccccc12. The Morgan fingerprint density at radius 3 is 2.21 bits per heavy atom. The van der Waals surface area contributed by atoms with Crippen LogP contribution in [0.3, 0.4) is 0 Å². The highest BCUT2D eigenvalue weighted by Crippen LogP contribution is 2.51. The Bertz CT molecular complexity index is 1670. The second-order valence-electron chi connectivity index (χ2n) is 11.5. The van der Waals surface area contributed by atoms with E-state index in [9.17, 15) is 0 Å². The summed E-state index contributed by atoms with van der Waals surface area (Å²) in [7, 11) is 0. The van der Waals surface area contributed by atoms with Crippen LogP contribution < -0.4 is 0 Å². The summed E-state index contributed by atoms with van der Waals surface area (Å²) in [6, 6.07) is 27.5. The van der Waals surface area contributed by atoms with Gasteiger partial charge in [-0.2, -0.15) is 0 Å². The highest BCUT2D eigenvalue weighted by atomic mass is 14.4. The van der Waals surface area contributed by atoms with Crippen LogP contribution >= 0.6 is 0 Å². The second kappa shape index (κ2) is 6.60. The van der Waals surface area contributed by atoms with E-state index in [0.717, 1.165) is 12.8 Å². The summed E-state index contributed by atoms with van der Waals surface area (Å²) in [5, 5.41) is 8.33. The molecular weight excluding hydrogens is 408 g/mol. The molecule has 0 heterocycles. The summed E-state index contributed by atoms with van der Waals surface area (Å²) in [6.45, 7) is 9.65. The van der Waals surface area contributed by atoms with Crippen molar-refractivity contribution in [1.29, 1.82) is 0 Å². The van der Waals surface area contributed by atoms with Crippen molar-refractivity contribution < 1.29 is 0 Å². The van der Waals surface area contributed by atoms with Crippen molar-refractivity contribution in [2.45, 2.75) is 51.4 Å². The van der Waals surface area contributed by atoms with Crippen molar-refractivity contribution in [2.75, 3.05) is 0 Å². The Hall–Kier alpha value is -3.38. The Morgan fingerprint density at radius 1 is 0.647 bits per heavy atom. The molecule has 2 aliphatic carbocycles. The van der Waals surface area contributed by atoms with Gasteiger partial charge < -0.3 is 0 Å². The first-order valence-corrected chi connectivity index (χ1v) is 12.6. The first-order valence-electron chi connectivity index (χ1n) is 12.6. The van der Waals surface area contributed by atoms with Crippen LogP contribution in [-0.4, -0.2) is 0 Å². The van der Waals surface area contributed by atoms with Gasteiger partial charge in [-0.1, -0.05) is 113 Å². The Labute approximate surface area is 202 Å². The van der Waals surface area contributed by atoms with Crippen molar-refractivity contribution in [1.82, 2.24) is 0 Å². The molecule has 0 saturated heterocycles. The Balaban J connectivity index is 1.55. The highest BCUT2D eigenvalue weighted by Gasteiger charge is 2.38. The van der Waals surface area contributed by atoms with Crippen molar-refractivity contribution in [3.8, 4) is 0 Å². The largest absolute Gasteiger partial charge is 0.0755 e. The van der Waals surface area contributed by atoms with E-state index in [4.69, 9.17) is 0 Å². The van der Waals surface area contributed by atoms with Crippen molar-refractivity contribution in [2.24, 2.45) is 0 Å². The number of rotatable bonds is 0. The summed E-state index contributed by atoms with van der Waals surface area (Å²) in [5.74, 6) is 0. The molecule has 0 radical (unpaired) electrons. The zero-order valence-corrected chi connectivity index (χ0v) is 20.5. The van der Waals surface area contributed by atoms with Crippen LogP contribution in [0.2, 0.25) is 0 Å². The lowest BCUT2D eigenvalue weighted by Crippen LogP contribution is -2.18. The molecule has 5 aromatic carbocycles. The molecule has 0 unspecified atom stereocenters. The molecule has 0 bridgehead atoms.